The highest BCUT2D eigenvalue weighted by Crippen LogP contribution is 2.19. The summed E-state index contributed by atoms with van der Waals surface area (Å²) >= 11 is 0. The third kappa shape index (κ3) is 3.67. The molecule has 0 aromatic rings. The minimum Gasteiger partial charge on any atom is -0.366 e. The van der Waals surface area contributed by atoms with Crippen LogP contribution in [0.3, 0.4) is 0 Å². The van der Waals surface area contributed by atoms with Crippen molar-refractivity contribution in [2.75, 3.05) is 0 Å². The molecule has 0 aliphatic rings. The van der Waals surface area contributed by atoms with Crippen LogP contribution in [0.25, 0.3) is 0 Å². The Kier molecular flexibility index (Phi) is 5.58. The average molecular weight is 212 g/mol. The van der Waals surface area contributed by atoms with Gasteiger partial charge in [-0.2, -0.15) is 0 Å². The summed E-state index contributed by atoms with van der Waals surface area (Å²) in [5.41, 5.74) is 5.80. The molecule has 0 saturated carbocycles. The second-order valence-electron chi connectivity index (χ2n) is 4.45. The fourth-order valence-electron chi connectivity index (χ4n) is 2.12. The van der Waals surface area contributed by atoms with Gasteiger partial charge in [-0.25, -0.2) is 0 Å². The quantitative estimate of drug-likeness (QED) is 0.684. The summed E-state index contributed by atoms with van der Waals surface area (Å²) in [6, 6.07) is 0.819. The molecule has 2 N–H and O–H groups in total. The van der Waals surface area contributed by atoms with E-state index in [1.54, 1.807) is 0 Å². The summed E-state index contributed by atoms with van der Waals surface area (Å²) in [5.74, 6) is -0.395. The van der Waals surface area contributed by atoms with Crippen LogP contribution in [-0.4, -0.2) is 28.9 Å². The number of rotatable bonds is 6. The third-order valence-electron chi connectivity index (χ3n) is 2.66. The maximum absolute atomic E-state index is 11.1. The van der Waals surface area contributed by atoms with E-state index in [9.17, 15) is 4.79 Å². The van der Waals surface area contributed by atoms with Crippen LogP contribution in [0, 0.1) is 0 Å². The zero-order valence-electron chi connectivity index (χ0n) is 10.6. The zero-order valence-corrected chi connectivity index (χ0v) is 10.6. The second-order valence-corrected chi connectivity index (χ2v) is 4.45. The van der Waals surface area contributed by atoms with E-state index < -0.39 is 5.91 Å². The highest BCUT2D eigenvalue weighted by Gasteiger charge is 2.26. The molecule has 0 aliphatic heterocycles. The van der Waals surface area contributed by atoms with E-state index in [-0.39, 0.29) is 6.04 Å². The number of carbonyl (C=O) groups is 1. The Morgan fingerprint density at radius 2 is 1.67 bits per heavy atom. The van der Waals surface area contributed by atoms with Gasteiger partial charge in [0.2, 0.25) is 5.91 Å². The van der Waals surface area contributed by atoms with Gasteiger partial charge < -0.3 is 5.73 Å². The molecule has 0 aromatic carbocycles. The lowest BCUT2D eigenvalue weighted by atomic mass is 10.0. The van der Waals surface area contributed by atoms with E-state index in [4.69, 9.17) is 5.73 Å². The molecule has 0 aromatic heterocycles. The van der Waals surface area contributed by atoms with Gasteiger partial charge in [-0.1, -0.05) is 13.5 Å². The summed E-state index contributed by atoms with van der Waals surface area (Å²) in [6.45, 7) is 14.3. The smallest absolute Gasteiger partial charge is 0.245 e. The van der Waals surface area contributed by atoms with Gasteiger partial charge in [0, 0.05) is 23.7 Å². The Morgan fingerprint density at radius 1 is 1.27 bits per heavy atom. The first-order chi connectivity index (χ1) is 6.82. The highest BCUT2D eigenvalue weighted by atomic mass is 16.1. The zero-order chi connectivity index (χ0) is 12.2. The summed E-state index contributed by atoms with van der Waals surface area (Å²) in [7, 11) is 0. The minimum atomic E-state index is -0.395. The number of nitrogens with zero attached hydrogens (tertiary/aromatic N) is 1. The van der Waals surface area contributed by atoms with Crippen molar-refractivity contribution in [2.45, 2.75) is 59.2 Å². The van der Waals surface area contributed by atoms with Crippen LogP contribution in [0.15, 0.2) is 12.2 Å². The lowest BCUT2D eigenvalue weighted by molar-refractivity contribution is -0.115. The van der Waals surface area contributed by atoms with Crippen molar-refractivity contribution in [3.63, 3.8) is 0 Å². The van der Waals surface area contributed by atoms with Crippen LogP contribution in [0.1, 0.15) is 41.0 Å². The SMILES string of the molecule is C=C(C(N)=O)C(CC)N(C(C)C)C(C)C. The van der Waals surface area contributed by atoms with Crippen molar-refractivity contribution < 1.29 is 4.79 Å². The molecule has 88 valence electrons. The maximum Gasteiger partial charge on any atom is 0.245 e. The predicted molar refractivity (Wildman–Crippen MR) is 64.5 cm³/mol. The predicted octanol–water partition coefficient (Wildman–Crippen LogP) is 1.93. The van der Waals surface area contributed by atoms with Crippen molar-refractivity contribution in [1.82, 2.24) is 4.90 Å². The van der Waals surface area contributed by atoms with Gasteiger partial charge in [0.25, 0.3) is 0 Å². The standard InChI is InChI=1S/C12H24N2O/c1-7-11(10(6)12(13)15)14(8(2)3)9(4)5/h8-9,11H,6-7H2,1-5H3,(H2,13,15). The molecule has 0 aliphatic carbocycles. The van der Waals surface area contributed by atoms with E-state index in [0.29, 0.717) is 17.7 Å². The van der Waals surface area contributed by atoms with E-state index >= 15 is 0 Å². The van der Waals surface area contributed by atoms with Crippen LogP contribution in [-0.2, 0) is 4.79 Å². The first kappa shape index (κ1) is 14.2. The number of nitrogens with two attached hydrogens (primary N) is 1. The molecular formula is C12H24N2O. The Balaban J connectivity index is 4.90. The largest absolute Gasteiger partial charge is 0.366 e. The molecule has 0 radical (unpaired) electrons. The first-order valence-corrected chi connectivity index (χ1v) is 5.58. The molecule has 1 atom stereocenters. The van der Waals surface area contributed by atoms with Gasteiger partial charge >= 0.3 is 0 Å². The summed E-state index contributed by atoms with van der Waals surface area (Å²) in [4.78, 5) is 13.4. The summed E-state index contributed by atoms with van der Waals surface area (Å²) in [6.07, 6.45) is 0.859. The lowest BCUT2D eigenvalue weighted by Gasteiger charge is -2.38. The van der Waals surface area contributed by atoms with Gasteiger partial charge in [0.05, 0.1) is 0 Å². The summed E-state index contributed by atoms with van der Waals surface area (Å²) < 4.78 is 0. The molecule has 0 heterocycles. The number of primary amides is 1. The molecule has 0 fully saturated rings. The molecule has 0 spiro atoms. The first-order valence-electron chi connectivity index (χ1n) is 5.58. The molecule has 0 rings (SSSR count). The Bertz CT molecular complexity index is 226. The number of amides is 1. The Hall–Kier alpha value is -0.830. The second kappa shape index (κ2) is 5.91. The molecular weight excluding hydrogens is 188 g/mol. The lowest BCUT2D eigenvalue weighted by Crippen LogP contribution is -2.47. The van der Waals surface area contributed by atoms with E-state index in [1.807, 2.05) is 0 Å². The van der Waals surface area contributed by atoms with Gasteiger partial charge in [-0.3, -0.25) is 9.69 Å². The van der Waals surface area contributed by atoms with Gasteiger partial charge in [0.15, 0.2) is 0 Å². The normalized spacial score (nSPS) is 13.6. The molecule has 1 amide bonds. The van der Waals surface area contributed by atoms with Crippen LogP contribution in [0.2, 0.25) is 0 Å². The van der Waals surface area contributed by atoms with Crippen LogP contribution in [0.5, 0.6) is 0 Å². The molecule has 15 heavy (non-hydrogen) atoms. The molecule has 0 bridgehead atoms. The number of carbonyl (C=O) groups excluding carboxylic acids is 1. The van der Waals surface area contributed by atoms with Crippen molar-refractivity contribution >= 4 is 5.91 Å². The maximum atomic E-state index is 11.1. The van der Waals surface area contributed by atoms with Crippen LogP contribution < -0.4 is 5.73 Å². The molecule has 3 nitrogen and oxygen atoms in total. The minimum absolute atomic E-state index is 0.0579. The Labute approximate surface area is 93.3 Å². The number of hydrogen-bond acceptors (Lipinski definition) is 2. The van der Waals surface area contributed by atoms with E-state index in [0.717, 1.165) is 6.42 Å². The molecule has 0 saturated heterocycles. The molecule has 1 unspecified atom stereocenters. The van der Waals surface area contributed by atoms with Crippen molar-refractivity contribution in [3.05, 3.63) is 12.2 Å². The van der Waals surface area contributed by atoms with Crippen molar-refractivity contribution in [2.24, 2.45) is 5.73 Å². The number of hydrogen-bond donors (Lipinski definition) is 1. The van der Waals surface area contributed by atoms with Gasteiger partial charge in [-0.05, 0) is 34.1 Å². The fourth-order valence-corrected chi connectivity index (χ4v) is 2.12. The molecule has 3 heteroatoms. The van der Waals surface area contributed by atoms with Crippen molar-refractivity contribution in [3.8, 4) is 0 Å². The van der Waals surface area contributed by atoms with Gasteiger partial charge in [-0.15, -0.1) is 0 Å². The fraction of sp³-hybridized carbons (Fsp3) is 0.750. The highest BCUT2D eigenvalue weighted by molar-refractivity contribution is 5.92. The van der Waals surface area contributed by atoms with Crippen LogP contribution in [0.4, 0.5) is 0 Å². The monoisotopic (exact) mass is 212 g/mol. The Morgan fingerprint density at radius 3 is 1.87 bits per heavy atom. The van der Waals surface area contributed by atoms with Gasteiger partial charge in [0.1, 0.15) is 0 Å². The van der Waals surface area contributed by atoms with E-state index in [1.165, 1.54) is 0 Å². The van der Waals surface area contributed by atoms with Crippen molar-refractivity contribution in [1.29, 1.82) is 0 Å². The van der Waals surface area contributed by atoms with E-state index in [2.05, 4.69) is 46.1 Å². The summed E-state index contributed by atoms with van der Waals surface area (Å²) in [5, 5.41) is 0. The average Bonchev–Trinajstić information content (AvgIpc) is 2.10. The third-order valence-corrected chi connectivity index (χ3v) is 2.66. The topological polar surface area (TPSA) is 46.3 Å². The van der Waals surface area contributed by atoms with Crippen LogP contribution >= 0.6 is 0 Å².